The average molecular weight is 331 g/mol. The Morgan fingerprint density at radius 2 is 1.91 bits per heavy atom. The second kappa shape index (κ2) is 5.97. The summed E-state index contributed by atoms with van der Waals surface area (Å²) in [7, 11) is 1.49. The minimum absolute atomic E-state index is 0.0423. The maximum atomic E-state index is 12.3. The number of aryl methyl sites for hydroxylation is 1. The van der Waals surface area contributed by atoms with Crippen LogP contribution in [-0.4, -0.2) is 18.2 Å². The molecule has 1 unspecified atom stereocenters. The fourth-order valence-electron chi connectivity index (χ4n) is 2.66. The number of aliphatic hydroxyl groups is 1. The maximum absolute atomic E-state index is 12.3. The third kappa shape index (κ3) is 2.66. The van der Waals surface area contributed by atoms with E-state index in [2.05, 4.69) is 0 Å². The van der Waals surface area contributed by atoms with Gasteiger partial charge in [-0.05, 0) is 24.6 Å². The van der Waals surface area contributed by atoms with Crippen molar-refractivity contribution in [1.82, 2.24) is 0 Å². The van der Waals surface area contributed by atoms with Gasteiger partial charge < -0.3 is 14.6 Å². The number of aliphatic hydroxyl groups excluding tert-OH is 1. The van der Waals surface area contributed by atoms with Gasteiger partial charge in [-0.2, -0.15) is 0 Å². The van der Waals surface area contributed by atoms with Crippen molar-refractivity contribution in [3.05, 3.63) is 69.9 Å². The van der Waals surface area contributed by atoms with Crippen molar-refractivity contribution in [2.24, 2.45) is 0 Å². The third-order valence-electron chi connectivity index (χ3n) is 3.70. The maximum Gasteiger partial charge on any atom is 0.343 e. The van der Waals surface area contributed by atoms with Gasteiger partial charge >= 0.3 is 5.97 Å². The van der Waals surface area contributed by atoms with Crippen LogP contribution in [0.25, 0.3) is 5.57 Å². The van der Waals surface area contributed by atoms with Crippen LogP contribution in [0.2, 0.25) is 5.02 Å². The molecule has 118 valence electrons. The topological polar surface area (TPSA) is 55.8 Å². The fraction of sp³-hybridized carbons (Fsp3) is 0.167. The van der Waals surface area contributed by atoms with E-state index in [9.17, 15) is 9.90 Å². The lowest BCUT2D eigenvalue weighted by Crippen LogP contribution is -2.04. The SMILES string of the molecule is COc1cc(C)cc(Cl)c1C1=C(O)C(c2ccccc2)OC1=O. The number of cyclic esters (lactones) is 1. The number of rotatable bonds is 3. The highest BCUT2D eigenvalue weighted by molar-refractivity contribution is 6.35. The molecule has 1 heterocycles. The predicted octanol–water partition coefficient (Wildman–Crippen LogP) is 4.22. The lowest BCUT2D eigenvalue weighted by molar-refractivity contribution is -0.138. The van der Waals surface area contributed by atoms with Gasteiger partial charge in [0.25, 0.3) is 0 Å². The summed E-state index contributed by atoms with van der Waals surface area (Å²) in [6.07, 6.45) is -0.833. The van der Waals surface area contributed by atoms with Crippen molar-refractivity contribution in [2.45, 2.75) is 13.0 Å². The van der Waals surface area contributed by atoms with Gasteiger partial charge in [-0.25, -0.2) is 4.79 Å². The van der Waals surface area contributed by atoms with Gasteiger partial charge in [-0.1, -0.05) is 41.9 Å². The minimum atomic E-state index is -0.833. The molecule has 0 saturated carbocycles. The summed E-state index contributed by atoms with van der Waals surface area (Å²) in [5.41, 5.74) is 1.97. The Morgan fingerprint density at radius 1 is 1.22 bits per heavy atom. The van der Waals surface area contributed by atoms with Gasteiger partial charge in [0.2, 0.25) is 0 Å². The zero-order chi connectivity index (χ0) is 16.6. The molecule has 0 saturated heterocycles. The highest BCUT2D eigenvalue weighted by Gasteiger charge is 2.38. The summed E-state index contributed by atoms with van der Waals surface area (Å²) in [5, 5.41) is 10.9. The molecule has 23 heavy (non-hydrogen) atoms. The van der Waals surface area contributed by atoms with Crippen LogP contribution in [0.5, 0.6) is 5.75 Å². The van der Waals surface area contributed by atoms with Gasteiger partial charge in [0.15, 0.2) is 11.9 Å². The minimum Gasteiger partial charge on any atom is -0.507 e. The average Bonchev–Trinajstić information content (AvgIpc) is 2.83. The van der Waals surface area contributed by atoms with Crippen LogP contribution in [0.1, 0.15) is 22.8 Å². The highest BCUT2D eigenvalue weighted by Crippen LogP contribution is 2.43. The fourth-order valence-corrected chi connectivity index (χ4v) is 3.02. The van der Waals surface area contributed by atoms with Gasteiger partial charge in [-0.15, -0.1) is 0 Å². The van der Waals surface area contributed by atoms with Crippen LogP contribution in [0.15, 0.2) is 48.2 Å². The standard InChI is InChI=1S/C18H15ClO4/c1-10-8-12(19)14(13(9-10)22-2)15-16(20)17(23-18(15)21)11-6-4-3-5-7-11/h3-9,17,20H,1-2H3. The molecule has 1 N–H and O–H groups in total. The molecule has 1 aliphatic heterocycles. The molecule has 0 fully saturated rings. The molecule has 1 aliphatic rings. The van der Waals surface area contributed by atoms with Gasteiger partial charge in [0.05, 0.1) is 17.7 Å². The summed E-state index contributed by atoms with van der Waals surface area (Å²) in [5.74, 6) is -0.368. The number of hydrogen-bond donors (Lipinski definition) is 1. The lowest BCUT2D eigenvalue weighted by atomic mass is 9.99. The molecule has 0 aliphatic carbocycles. The zero-order valence-corrected chi connectivity index (χ0v) is 13.4. The first-order valence-corrected chi connectivity index (χ1v) is 7.44. The normalized spacial score (nSPS) is 17.3. The van der Waals surface area contributed by atoms with E-state index < -0.39 is 12.1 Å². The van der Waals surface area contributed by atoms with E-state index in [1.807, 2.05) is 25.1 Å². The second-order valence-electron chi connectivity index (χ2n) is 5.28. The van der Waals surface area contributed by atoms with Gasteiger partial charge in [-0.3, -0.25) is 0 Å². The second-order valence-corrected chi connectivity index (χ2v) is 5.69. The first-order chi connectivity index (χ1) is 11.0. The third-order valence-corrected chi connectivity index (χ3v) is 4.00. The Labute approximate surface area is 138 Å². The van der Waals surface area contributed by atoms with Crippen LogP contribution < -0.4 is 4.74 Å². The van der Waals surface area contributed by atoms with Crippen LogP contribution >= 0.6 is 11.6 Å². The molecule has 2 aromatic carbocycles. The number of esters is 1. The Balaban J connectivity index is 2.16. The van der Waals surface area contributed by atoms with Crippen LogP contribution in [0.4, 0.5) is 0 Å². The summed E-state index contributed by atoms with van der Waals surface area (Å²) in [4.78, 5) is 12.3. The molecule has 0 amide bonds. The number of carbonyl (C=O) groups is 1. The molecule has 2 aromatic rings. The van der Waals surface area contributed by atoms with Crippen molar-refractivity contribution in [3.63, 3.8) is 0 Å². The summed E-state index contributed by atoms with van der Waals surface area (Å²) < 4.78 is 10.7. The first-order valence-electron chi connectivity index (χ1n) is 7.06. The summed E-state index contributed by atoms with van der Waals surface area (Å²) >= 11 is 6.28. The van der Waals surface area contributed by atoms with Crippen molar-refractivity contribution in [2.75, 3.05) is 7.11 Å². The van der Waals surface area contributed by atoms with E-state index in [1.54, 1.807) is 24.3 Å². The van der Waals surface area contributed by atoms with E-state index in [-0.39, 0.29) is 11.3 Å². The lowest BCUT2D eigenvalue weighted by Gasteiger charge is -2.11. The molecule has 5 heteroatoms. The molecular weight excluding hydrogens is 316 g/mol. The van der Waals surface area contributed by atoms with Crippen LogP contribution in [0.3, 0.4) is 0 Å². The van der Waals surface area contributed by atoms with E-state index in [1.165, 1.54) is 7.11 Å². The predicted molar refractivity (Wildman–Crippen MR) is 87.6 cm³/mol. The molecule has 0 bridgehead atoms. The Kier molecular flexibility index (Phi) is 4.01. The monoisotopic (exact) mass is 330 g/mol. The van der Waals surface area contributed by atoms with Crippen molar-refractivity contribution < 1.29 is 19.4 Å². The van der Waals surface area contributed by atoms with E-state index >= 15 is 0 Å². The number of ether oxygens (including phenoxy) is 2. The zero-order valence-electron chi connectivity index (χ0n) is 12.7. The van der Waals surface area contributed by atoms with E-state index in [4.69, 9.17) is 21.1 Å². The van der Waals surface area contributed by atoms with Crippen LogP contribution in [0, 0.1) is 6.92 Å². The smallest absolute Gasteiger partial charge is 0.343 e. The molecular formula is C18H15ClO4. The van der Waals surface area contributed by atoms with E-state index in [0.29, 0.717) is 21.9 Å². The Bertz CT molecular complexity index is 796. The molecule has 4 nitrogen and oxygen atoms in total. The molecule has 0 aromatic heterocycles. The highest BCUT2D eigenvalue weighted by atomic mass is 35.5. The number of halogens is 1. The van der Waals surface area contributed by atoms with Crippen molar-refractivity contribution in [3.8, 4) is 5.75 Å². The first kappa shape index (κ1) is 15.4. The summed E-state index contributed by atoms with van der Waals surface area (Å²) in [6, 6.07) is 12.5. The molecule has 0 spiro atoms. The largest absolute Gasteiger partial charge is 0.507 e. The van der Waals surface area contributed by atoms with E-state index in [0.717, 1.165) is 5.56 Å². The molecule has 3 rings (SSSR count). The number of benzene rings is 2. The number of hydrogen-bond acceptors (Lipinski definition) is 4. The number of carbonyl (C=O) groups excluding carboxylic acids is 1. The van der Waals surface area contributed by atoms with Gasteiger partial charge in [0.1, 0.15) is 11.3 Å². The molecule has 1 atom stereocenters. The van der Waals surface area contributed by atoms with Crippen LogP contribution in [-0.2, 0) is 9.53 Å². The Morgan fingerprint density at radius 3 is 2.57 bits per heavy atom. The van der Waals surface area contributed by atoms with Crippen molar-refractivity contribution >= 4 is 23.1 Å². The Hall–Kier alpha value is -2.46. The quantitative estimate of drug-likeness (QED) is 0.856. The van der Waals surface area contributed by atoms with Gasteiger partial charge in [0, 0.05) is 5.56 Å². The molecule has 0 radical (unpaired) electrons. The number of methoxy groups -OCH3 is 1. The van der Waals surface area contributed by atoms with Crippen molar-refractivity contribution in [1.29, 1.82) is 0 Å². The summed E-state index contributed by atoms with van der Waals surface area (Å²) in [6.45, 7) is 1.87.